The molecule has 4 nitrogen and oxygen atoms in total. The standard InChI is InChI=1S/C16H20N2O2/c1-3-19-16-10-9-13(17)11-15(16)12(2)20-18-14-7-5-4-6-8-14/h4-12,18H,3,17H2,1-2H3. The zero-order valence-corrected chi connectivity index (χ0v) is 11.8. The summed E-state index contributed by atoms with van der Waals surface area (Å²) in [5, 5.41) is 0. The van der Waals surface area contributed by atoms with Crippen LogP contribution in [-0.4, -0.2) is 6.61 Å². The number of ether oxygens (including phenoxy) is 1. The molecule has 0 spiro atoms. The van der Waals surface area contributed by atoms with Crippen LogP contribution in [0.3, 0.4) is 0 Å². The lowest BCUT2D eigenvalue weighted by atomic mass is 10.1. The lowest BCUT2D eigenvalue weighted by Crippen LogP contribution is -2.09. The van der Waals surface area contributed by atoms with Crippen molar-refractivity contribution in [2.24, 2.45) is 0 Å². The van der Waals surface area contributed by atoms with Gasteiger partial charge < -0.3 is 10.5 Å². The minimum Gasteiger partial charge on any atom is -0.493 e. The van der Waals surface area contributed by atoms with Crippen molar-refractivity contribution in [3.63, 3.8) is 0 Å². The summed E-state index contributed by atoms with van der Waals surface area (Å²) in [6.45, 7) is 4.51. The van der Waals surface area contributed by atoms with E-state index in [0.717, 1.165) is 17.0 Å². The van der Waals surface area contributed by atoms with Crippen LogP contribution in [0.15, 0.2) is 48.5 Å². The monoisotopic (exact) mass is 272 g/mol. The van der Waals surface area contributed by atoms with Gasteiger partial charge in [0.2, 0.25) is 0 Å². The number of hydrogen-bond acceptors (Lipinski definition) is 4. The summed E-state index contributed by atoms with van der Waals surface area (Å²) in [6, 6.07) is 15.3. The molecule has 3 N–H and O–H groups in total. The van der Waals surface area contributed by atoms with E-state index in [1.807, 2.05) is 62.4 Å². The first-order valence-corrected chi connectivity index (χ1v) is 6.69. The molecule has 0 saturated carbocycles. The molecule has 0 aliphatic heterocycles. The molecule has 20 heavy (non-hydrogen) atoms. The fraction of sp³-hybridized carbons (Fsp3) is 0.250. The van der Waals surface area contributed by atoms with Gasteiger partial charge in [0.25, 0.3) is 0 Å². The molecule has 0 amide bonds. The third-order valence-corrected chi connectivity index (χ3v) is 2.90. The van der Waals surface area contributed by atoms with Crippen LogP contribution >= 0.6 is 0 Å². The highest BCUT2D eigenvalue weighted by Crippen LogP contribution is 2.29. The van der Waals surface area contributed by atoms with Crippen molar-refractivity contribution < 1.29 is 9.57 Å². The van der Waals surface area contributed by atoms with Gasteiger partial charge in [-0.2, -0.15) is 0 Å². The van der Waals surface area contributed by atoms with Crippen molar-refractivity contribution in [2.45, 2.75) is 20.0 Å². The largest absolute Gasteiger partial charge is 0.493 e. The Labute approximate surface area is 119 Å². The van der Waals surface area contributed by atoms with Gasteiger partial charge >= 0.3 is 0 Å². The zero-order valence-electron chi connectivity index (χ0n) is 11.8. The second-order valence-corrected chi connectivity index (χ2v) is 4.46. The topological polar surface area (TPSA) is 56.5 Å². The maximum absolute atomic E-state index is 5.84. The van der Waals surface area contributed by atoms with Crippen molar-refractivity contribution in [1.82, 2.24) is 0 Å². The molecule has 2 aromatic carbocycles. The quantitative estimate of drug-likeness (QED) is 0.621. The van der Waals surface area contributed by atoms with Crippen molar-refractivity contribution >= 4 is 11.4 Å². The molecule has 0 aliphatic carbocycles. The van der Waals surface area contributed by atoms with E-state index in [-0.39, 0.29) is 6.10 Å². The highest BCUT2D eigenvalue weighted by molar-refractivity contribution is 5.49. The Morgan fingerprint density at radius 2 is 1.90 bits per heavy atom. The predicted octanol–water partition coefficient (Wildman–Crippen LogP) is 3.77. The number of nitrogens with one attached hydrogen (secondary N) is 1. The van der Waals surface area contributed by atoms with Crippen molar-refractivity contribution in [1.29, 1.82) is 0 Å². The van der Waals surface area contributed by atoms with E-state index in [1.54, 1.807) is 0 Å². The lowest BCUT2D eigenvalue weighted by molar-refractivity contribution is 0.113. The molecular formula is C16H20N2O2. The van der Waals surface area contributed by atoms with Gasteiger partial charge in [-0.15, -0.1) is 0 Å². The summed E-state index contributed by atoms with van der Waals surface area (Å²) in [5.74, 6) is 0.795. The summed E-state index contributed by atoms with van der Waals surface area (Å²) < 4.78 is 5.60. The van der Waals surface area contributed by atoms with E-state index in [2.05, 4.69) is 5.48 Å². The Kier molecular flexibility index (Phi) is 4.85. The number of benzene rings is 2. The number of hydrogen-bond donors (Lipinski definition) is 2. The highest BCUT2D eigenvalue weighted by Gasteiger charge is 2.13. The molecule has 0 aliphatic rings. The molecule has 0 saturated heterocycles. The van der Waals surface area contributed by atoms with Crippen molar-refractivity contribution in [3.05, 3.63) is 54.1 Å². The molecule has 0 heterocycles. The molecule has 106 valence electrons. The second kappa shape index (κ2) is 6.82. The number of rotatable bonds is 6. The van der Waals surface area contributed by atoms with E-state index >= 15 is 0 Å². The third kappa shape index (κ3) is 3.65. The van der Waals surface area contributed by atoms with Gasteiger partial charge in [0.1, 0.15) is 11.9 Å². The van der Waals surface area contributed by atoms with Gasteiger partial charge in [0, 0.05) is 11.3 Å². The van der Waals surface area contributed by atoms with Crippen LogP contribution in [0.1, 0.15) is 25.5 Å². The predicted molar refractivity (Wildman–Crippen MR) is 81.6 cm³/mol. The number of anilines is 2. The highest BCUT2D eigenvalue weighted by atomic mass is 16.7. The molecule has 0 fully saturated rings. The van der Waals surface area contributed by atoms with Gasteiger partial charge in [-0.25, -0.2) is 0 Å². The van der Waals surface area contributed by atoms with Gasteiger partial charge in [-0.05, 0) is 44.2 Å². The average Bonchev–Trinajstić information content (AvgIpc) is 2.48. The molecule has 4 heteroatoms. The molecule has 2 aromatic rings. The number of nitrogen functional groups attached to an aromatic ring is 1. The molecule has 1 unspecified atom stereocenters. The maximum atomic E-state index is 5.84. The van der Waals surface area contributed by atoms with E-state index in [0.29, 0.717) is 12.3 Å². The summed E-state index contributed by atoms with van der Waals surface area (Å²) in [5.41, 5.74) is 11.3. The Bertz CT molecular complexity index is 543. The fourth-order valence-corrected chi connectivity index (χ4v) is 1.90. The molecular weight excluding hydrogens is 252 g/mol. The van der Waals surface area contributed by atoms with E-state index in [1.165, 1.54) is 0 Å². The van der Waals surface area contributed by atoms with Gasteiger partial charge in [-0.3, -0.25) is 10.3 Å². The summed E-state index contributed by atoms with van der Waals surface area (Å²) >= 11 is 0. The fourth-order valence-electron chi connectivity index (χ4n) is 1.90. The van der Waals surface area contributed by atoms with E-state index < -0.39 is 0 Å². The zero-order chi connectivity index (χ0) is 14.4. The second-order valence-electron chi connectivity index (χ2n) is 4.46. The van der Waals surface area contributed by atoms with Crippen LogP contribution in [0.25, 0.3) is 0 Å². The van der Waals surface area contributed by atoms with E-state index in [4.69, 9.17) is 15.3 Å². The van der Waals surface area contributed by atoms with Gasteiger partial charge in [0.05, 0.1) is 12.3 Å². The van der Waals surface area contributed by atoms with Crippen LogP contribution < -0.4 is 16.0 Å². The average molecular weight is 272 g/mol. The molecule has 0 bridgehead atoms. The van der Waals surface area contributed by atoms with E-state index in [9.17, 15) is 0 Å². The molecule has 0 radical (unpaired) electrons. The Morgan fingerprint density at radius 3 is 2.60 bits per heavy atom. The number of para-hydroxylation sites is 1. The Morgan fingerprint density at radius 1 is 1.15 bits per heavy atom. The molecule has 0 aromatic heterocycles. The molecule has 2 rings (SSSR count). The normalized spacial score (nSPS) is 11.9. The van der Waals surface area contributed by atoms with Crippen LogP contribution in [-0.2, 0) is 4.84 Å². The van der Waals surface area contributed by atoms with Crippen LogP contribution in [0.4, 0.5) is 11.4 Å². The lowest BCUT2D eigenvalue weighted by Gasteiger charge is -2.18. The first-order chi connectivity index (χ1) is 9.70. The van der Waals surface area contributed by atoms with Crippen molar-refractivity contribution in [3.8, 4) is 5.75 Å². The molecule has 1 atom stereocenters. The number of nitrogens with two attached hydrogens (primary N) is 1. The third-order valence-electron chi connectivity index (χ3n) is 2.90. The minimum atomic E-state index is -0.180. The summed E-state index contributed by atoms with van der Waals surface area (Å²) in [4.78, 5) is 5.67. The van der Waals surface area contributed by atoms with Gasteiger partial charge in [0.15, 0.2) is 0 Å². The first-order valence-electron chi connectivity index (χ1n) is 6.69. The summed E-state index contributed by atoms with van der Waals surface area (Å²) in [7, 11) is 0. The summed E-state index contributed by atoms with van der Waals surface area (Å²) in [6.07, 6.45) is -0.180. The maximum Gasteiger partial charge on any atom is 0.125 e. The van der Waals surface area contributed by atoms with Crippen molar-refractivity contribution in [2.75, 3.05) is 17.8 Å². The Hall–Kier alpha value is -2.20. The smallest absolute Gasteiger partial charge is 0.125 e. The minimum absolute atomic E-state index is 0.180. The van der Waals surface area contributed by atoms with Crippen LogP contribution in [0.5, 0.6) is 5.75 Å². The Balaban J connectivity index is 2.08. The van der Waals surface area contributed by atoms with Gasteiger partial charge in [-0.1, -0.05) is 18.2 Å². The van der Waals surface area contributed by atoms with Crippen LogP contribution in [0, 0.1) is 0 Å². The first kappa shape index (κ1) is 14.2. The SMILES string of the molecule is CCOc1ccc(N)cc1C(C)ONc1ccccc1. The van der Waals surface area contributed by atoms with Crippen LogP contribution in [0.2, 0.25) is 0 Å².